The first-order valence-corrected chi connectivity index (χ1v) is 7.65. The summed E-state index contributed by atoms with van der Waals surface area (Å²) >= 11 is 0. The lowest BCUT2D eigenvalue weighted by atomic mass is 10.1. The molecule has 120 valence electrons. The molecule has 3 aliphatic rings. The predicted octanol–water partition coefficient (Wildman–Crippen LogP) is 2.78. The van der Waals surface area contributed by atoms with Crippen molar-refractivity contribution in [2.45, 2.75) is 12.0 Å². The zero-order valence-corrected chi connectivity index (χ0v) is 12.9. The van der Waals surface area contributed by atoms with E-state index in [9.17, 15) is 4.79 Å². The van der Waals surface area contributed by atoms with Crippen molar-refractivity contribution >= 4 is 17.3 Å². The summed E-state index contributed by atoms with van der Waals surface area (Å²) in [5, 5.41) is 1.68. The Labute approximate surface area is 138 Å². The highest BCUT2D eigenvalue weighted by atomic mass is 16.7. The van der Waals surface area contributed by atoms with Crippen LogP contribution in [0.4, 0.5) is 11.4 Å². The third-order valence-electron chi connectivity index (χ3n) is 4.58. The Balaban J connectivity index is 1.67. The molecule has 1 unspecified atom stereocenters. The second kappa shape index (κ2) is 4.52. The van der Waals surface area contributed by atoms with Gasteiger partial charge in [-0.15, -0.1) is 0 Å². The number of anilines is 2. The standard InChI is InChI=1S/C18H14N2O4/c1-19-14-8-4-2-6-12(14)16(24-19)20-15-9-5-3-7-13(15)18(17(20)21)22-10-11-23-18/h2-11,16H,1H3. The Kier molecular flexibility index (Phi) is 2.53. The van der Waals surface area contributed by atoms with E-state index >= 15 is 0 Å². The van der Waals surface area contributed by atoms with Crippen LogP contribution in [0.1, 0.15) is 17.4 Å². The highest BCUT2D eigenvalue weighted by Gasteiger charge is 2.59. The smallest absolute Gasteiger partial charge is 0.361 e. The Hall–Kier alpha value is -2.99. The van der Waals surface area contributed by atoms with Gasteiger partial charge >= 0.3 is 11.7 Å². The first kappa shape index (κ1) is 13.4. The molecular weight excluding hydrogens is 308 g/mol. The molecule has 0 aliphatic carbocycles. The van der Waals surface area contributed by atoms with Crippen molar-refractivity contribution in [3.63, 3.8) is 0 Å². The number of benzene rings is 2. The fraction of sp³-hybridized carbons (Fsp3) is 0.167. The topological polar surface area (TPSA) is 51.2 Å². The number of carbonyl (C=O) groups excluding carboxylic acids is 1. The fourth-order valence-electron chi connectivity index (χ4n) is 3.51. The molecule has 0 radical (unpaired) electrons. The molecule has 1 spiro atoms. The maximum atomic E-state index is 13.2. The lowest BCUT2D eigenvalue weighted by Crippen LogP contribution is -2.43. The van der Waals surface area contributed by atoms with E-state index in [1.54, 1.807) is 9.96 Å². The van der Waals surface area contributed by atoms with Crippen molar-refractivity contribution in [2.24, 2.45) is 0 Å². The molecule has 3 aliphatic heterocycles. The van der Waals surface area contributed by atoms with Gasteiger partial charge in [0, 0.05) is 12.6 Å². The molecule has 24 heavy (non-hydrogen) atoms. The van der Waals surface area contributed by atoms with Gasteiger partial charge in [-0.05, 0) is 18.2 Å². The summed E-state index contributed by atoms with van der Waals surface area (Å²) in [5.74, 6) is -1.75. The molecule has 6 heteroatoms. The van der Waals surface area contributed by atoms with Crippen molar-refractivity contribution in [3.8, 4) is 0 Å². The third kappa shape index (κ3) is 1.50. The van der Waals surface area contributed by atoms with E-state index in [2.05, 4.69) is 0 Å². The van der Waals surface area contributed by atoms with Crippen LogP contribution >= 0.6 is 0 Å². The van der Waals surface area contributed by atoms with Crippen molar-refractivity contribution in [2.75, 3.05) is 17.0 Å². The quantitative estimate of drug-likeness (QED) is 0.808. The maximum absolute atomic E-state index is 13.2. The molecule has 3 heterocycles. The molecule has 0 saturated carbocycles. The molecule has 0 fully saturated rings. The van der Waals surface area contributed by atoms with Crippen molar-refractivity contribution in [1.29, 1.82) is 0 Å². The van der Waals surface area contributed by atoms with Crippen LogP contribution < -0.4 is 9.96 Å². The van der Waals surface area contributed by atoms with Gasteiger partial charge in [0.1, 0.15) is 12.5 Å². The molecule has 6 nitrogen and oxygen atoms in total. The molecular formula is C18H14N2O4. The Morgan fingerprint density at radius 3 is 2.42 bits per heavy atom. The average molecular weight is 322 g/mol. The number of hydrogen-bond acceptors (Lipinski definition) is 5. The fourth-order valence-corrected chi connectivity index (χ4v) is 3.51. The number of ether oxygens (including phenoxy) is 2. The van der Waals surface area contributed by atoms with E-state index in [-0.39, 0.29) is 5.91 Å². The summed E-state index contributed by atoms with van der Waals surface area (Å²) < 4.78 is 11.2. The molecule has 0 saturated heterocycles. The second-order valence-electron chi connectivity index (χ2n) is 5.83. The van der Waals surface area contributed by atoms with Crippen LogP contribution in [0, 0.1) is 0 Å². The molecule has 0 aromatic heterocycles. The van der Waals surface area contributed by atoms with Gasteiger partial charge in [0.15, 0.2) is 6.23 Å². The van der Waals surface area contributed by atoms with Gasteiger partial charge in [-0.2, -0.15) is 0 Å². The normalized spacial score (nSPS) is 22.5. The van der Waals surface area contributed by atoms with E-state index < -0.39 is 12.0 Å². The van der Waals surface area contributed by atoms with Gasteiger partial charge < -0.3 is 9.47 Å². The first-order valence-electron chi connectivity index (χ1n) is 7.65. The highest BCUT2D eigenvalue weighted by molar-refractivity contribution is 6.07. The number of rotatable bonds is 1. The minimum atomic E-state index is -1.45. The van der Waals surface area contributed by atoms with Crippen molar-refractivity contribution < 1.29 is 19.1 Å². The molecule has 5 rings (SSSR count). The van der Waals surface area contributed by atoms with E-state index in [1.165, 1.54) is 12.5 Å². The van der Waals surface area contributed by atoms with Crippen molar-refractivity contribution in [1.82, 2.24) is 0 Å². The number of nitrogens with zero attached hydrogens (tertiary/aromatic N) is 2. The van der Waals surface area contributed by atoms with Crippen LogP contribution in [-0.4, -0.2) is 13.0 Å². The number of para-hydroxylation sites is 2. The van der Waals surface area contributed by atoms with Crippen LogP contribution in [0.15, 0.2) is 61.1 Å². The molecule has 1 amide bonds. The summed E-state index contributed by atoms with van der Waals surface area (Å²) in [5.41, 5.74) is 3.25. The Morgan fingerprint density at radius 2 is 1.62 bits per heavy atom. The van der Waals surface area contributed by atoms with Crippen LogP contribution in [0.2, 0.25) is 0 Å². The van der Waals surface area contributed by atoms with Gasteiger partial charge in [-0.25, -0.2) is 4.84 Å². The zero-order valence-electron chi connectivity index (χ0n) is 12.9. The second-order valence-corrected chi connectivity index (χ2v) is 5.83. The molecule has 0 N–H and O–H groups in total. The van der Waals surface area contributed by atoms with Gasteiger partial charge in [0.2, 0.25) is 0 Å². The minimum absolute atomic E-state index is 0.302. The van der Waals surface area contributed by atoms with Crippen LogP contribution in [0.3, 0.4) is 0 Å². The highest BCUT2D eigenvalue weighted by Crippen LogP contribution is 2.51. The van der Waals surface area contributed by atoms with Crippen LogP contribution in [0.25, 0.3) is 0 Å². The largest absolute Gasteiger partial charge is 0.445 e. The number of hydroxylamine groups is 1. The summed E-state index contributed by atoms with van der Waals surface area (Å²) in [6.07, 6.45) is 2.23. The van der Waals surface area contributed by atoms with Gasteiger partial charge in [-0.3, -0.25) is 14.8 Å². The van der Waals surface area contributed by atoms with Gasteiger partial charge in [-0.1, -0.05) is 30.3 Å². The summed E-state index contributed by atoms with van der Waals surface area (Å²) in [7, 11) is 1.82. The predicted molar refractivity (Wildman–Crippen MR) is 85.6 cm³/mol. The minimum Gasteiger partial charge on any atom is -0.445 e. The SMILES string of the molecule is CN1OC(N2C(=O)C3(OC=CO3)c3ccccc32)c2ccccc21. The number of amides is 1. The van der Waals surface area contributed by atoms with Gasteiger partial charge in [0.25, 0.3) is 0 Å². The Morgan fingerprint density at radius 1 is 0.958 bits per heavy atom. The molecule has 1 atom stereocenters. The van der Waals surface area contributed by atoms with Crippen LogP contribution in [-0.2, 0) is 24.9 Å². The van der Waals surface area contributed by atoms with Gasteiger partial charge in [0.05, 0.1) is 16.9 Å². The summed E-state index contributed by atoms with van der Waals surface area (Å²) in [6, 6.07) is 15.2. The average Bonchev–Trinajstić information content (AvgIpc) is 3.28. The third-order valence-corrected chi connectivity index (χ3v) is 4.58. The lowest BCUT2D eigenvalue weighted by molar-refractivity contribution is -0.175. The summed E-state index contributed by atoms with van der Waals surface area (Å²) in [4.78, 5) is 20.8. The van der Waals surface area contributed by atoms with Crippen molar-refractivity contribution in [3.05, 3.63) is 72.2 Å². The Bertz CT molecular complexity index is 871. The summed E-state index contributed by atoms with van der Waals surface area (Å²) in [6.45, 7) is 0. The molecule has 0 bridgehead atoms. The maximum Gasteiger partial charge on any atom is 0.361 e. The molecule has 2 aromatic carbocycles. The van der Waals surface area contributed by atoms with E-state index in [1.807, 2.05) is 55.6 Å². The van der Waals surface area contributed by atoms with E-state index in [4.69, 9.17) is 14.3 Å². The molecule has 2 aromatic rings. The number of carbonyl (C=O) groups is 1. The zero-order chi connectivity index (χ0) is 16.3. The van der Waals surface area contributed by atoms with Crippen LogP contribution in [0.5, 0.6) is 0 Å². The monoisotopic (exact) mass is 322 g/mol. The first-order chi connectivity index (χ1) is 11.7. The number of hydrogen-bond donors (Lipinski definition) is 0. The van der Waals surface area contributed by atoms with E-state index in [0.29, 0.717) is 5.56 Å². The lowest BCUT2D eigenvalue weighted by Gasteiger charge is -2.26. The van der Waals surface area contributed by atoms with E-state index in [0.717, 1.165) is 16.9 Å². The number of fused-ring (bicyclic) bond motifs is 3.